The lowest BCUT2D eigenvalue weighted by molar-refractivity contribution is -0.934. The molecule has 198 valence electrons. The number of quaternary nitrogens is 1. The molecule has 4 rings (SSSR count). The fraction of sp³-hybridized carbons (Fsp3) is 0.647. The number of benzene rings is 2. The Labute approximate surface area is 222 Å². The first-order valence-corrected chi connectivity index (χ1v) is 15.1. The van der Waals surface area contributed by atoms with E-state index in [9.17, 15) is 0 Å². The van der Waals surface area contributed by atoms with E-state index in [1.165, 1.54) is 119 Å². The summed E-state index contributed by atoms with van der Waals surface area (Å²) in [6.45, 7) is 16.4. The van der Waals surface area contributed by atoms with Crippen molar-refractivity contribution in [2.75, 3.05) is 32.7 Å². The smallest absolute Gasteiger partial charge is 0.104 e. The summed E-state index contributed by atoms with van der Waals surface area (Å²) in [7, 11) is 0. The monoisotopic (exact) mass is 489 g/mol. The Balaban J connectivity index is 1.39. The van der Waals surface area contributed by atoms with Crippen molar-refractivity contribution in [3.05, 3.63) is 71.8 Å². The summed E-state index contributed by atoms with van der Waals surface area (Å²) in [4.78, 5) is 2.75. The Morgan fingerprint density at radius 2 is 1.25 bits per heavy atom. The van der Waals surface area contributed by atoms with Gasteiger partial charge in [-0.15, -0.1) is 0 Å². The molecule has 0 saturated carbocycles. The lowest BCUT2D eigenvalue weighted by Gasteiger charge is -2.46. The number of fused-ring (bicyclic) bond motifs is 1. The lowest BCUT2D eigenvalue weighted by Crippen LogP contribution is -2.52. The van der Waals surface area contributed by atoms with Gasteiger partial charge in [0.15, 0.2) is 0 Å². The summed E-state index contributed by atoms with van der Waals surface area (Å²) in [5.41, 5.74) is 3.81. The first-order chi connectivity index (χ1) is 17.5. The van der Waals surface area contributed by atoms with E-state index in [0.717, 1.165) is 6.54 Å². The van der Waals surface area contributed by atoms with Crippen LogP contribution in [-0.4, -0.2) is 42.1 Å². The summed E-state index contributed by atoms with van der Waals surface area (Å²) in [6, 6.07) is 22.5. The van der Waals surface area contributed by atoms with Crippen molar-refractivity contribution < 1.29 is 4.48 Å². The zero-order valence-corrected chi connectivity index (χ0v) is 23.7. The average Bonchev–Trinajstić information content (AvgIpc) is 3.10. The predicted octanol–water partition coefficient (Wildman–Crippen LogP) is 8.47. The number of unbranched alkanes of at least 4 members (excludes halogenated alkanes) is 8. The molecule has 0 amide bonds. The van der Waals surface area contributed by atoms with Crippen LogP contribution < -0.4 is 0 Å². The molecule has 0 bridgehead atoms. The zero-order valence-electron chi connectivity index (χ0n) is 23.7. The molecule has 3 atom stereocenters. The molecule has 0 aromatic heterocycles. The largest absolute Gasteiger partial charge is 0.319 e. The predicted molar refractivity (Wildman–Crippen MR) is 155 cm³/mol. The molecule has 2 aliphatic rings. The van der Waals surface area contributed by atoms with Crippen LogP contribution in [0, 0.1) is 10.8 Å². The van der Waals surface area contributed by atoms with Crippen LogP contribution in [-0.2, 0) is 13.1 Å². The van der Waals surface area contributed by atoms with Gasteiger partial charge in [-0.2, -0.15) is 0 Å². The van der Waals surface area contributed by atoms with Crippen molar-refractivity contribution in [3.63, 3.8) is 0 Å². The van der Waals surface area contributed by atoms with E-state index in [4.69, 9.17) is 0 Å². The Morgan fingerprint density at radius 1 is 0.694 bits per heavy atom. The van der Waals surface area contributed by atoms with Crippen LogP contribution in [0.1, 0.15) is 96.1 Å². The van der Waals surface area contributed by atoms with Crippen LogP contribution >= 0.6 is 0 Å². The van der Waals surface area contributed by atoms with Crippen LogP contribution in [0.3, 0.4) is 0 Å². The standard InChI is InChI=1S/C34H53N2/c1-4-5-6-7-8-9-10-11-18-25-36(27-32-21-16-13-17-22-32)29-33(2)23-24-35(28-34(33,3)30-36)26-31-19-14-12-15-20-31/h12-17,19-22H,4-11,18,23-30H2,1-3H3/q+1/t33-,34+,36?/m1/s1. The van der Waals surface area contributed by atoms with Gasteiger partial charge in [0.05, 0.1) is 19.6 Å². The molecular weight excluding hydrogens is 436 g/mol. The number of nitrogens with zero attached hydrogens (tertiary/aromatic N) is 2. The van der Waals surface area contributed by atoms with Gasteiger partial charge < -0.3 is 4.48 Å². The summed E-state index contributed by atoms with van der Waals surface area (Å²) in [5, 5.41) is 0. The zero-order chi connectivity index (χ0) is 25.3. The van der Waals surface area contributed by atoms with Gasteiger partial charge in [0.2, 0.25) is 0 Å². The van der Waals surface area contributed by atoms with Crippen LogP contribution in [0.25, 0.3) is 0 Å². The molecule has 2 heterocycles. The number of hydrogen-bond donors (Lipinski definition) is 0. The van der Waals surface area contributed by atoms with E-state index in [1.807, 2.05) is 0 Å². The second-order valence-corrected chi connectivity index (χ2v) is 12.9. The maximum atomic E-state index is 2.75. The minimum Gasteiger partial charge on any atom is -0.319 e. The van der Waals surface area contributed by atoms with Crippen molar-refractivity contribution in [1.29, 1.82) is 0 Å². The molecule has 0 radical (unpaired) electrons. The second-order valence-electron chi connectivity index (χ2n) is 12.9. The van der Waals surface area contributed by atoms with Gasteiger partial charge in [-0.1, -0.05) is 126 Å². The first-order valence-electron chi connectivity index (χ1n) is 15.1. The summed E-state index contributed by atoms with van der Waals surface area (Å²) in [5.74, 6) is 0. The highest BCUT2D eigenvalue weighted by atomic mass is 15.4. The molecule has 2 saturated heterocycles. The van der Waals surface area contributed by atoms with Gasteiger partial charge in [0.1, 0.15) is 6.54 Å². The third-order valence-corrected chi connectivity index (χ3v) is 9.72. The van der Waals surface area contributed by atoms with E-state index in [1.54, 1.807) is 0 Å². The Morgan fingerprint density at radius 3 is 1.89 bits per heavy atom. The van der Waals surface area contributed by atoms with Crippen LogP contribution in [0.15, 0.2) is 60.7 Å². The van der Waals surface area contributed by atoms with Crippen LogP contribution in [0.2, 0.25) is 0 Å². The Kier molecular flexibility index (Phi) is 9.70. The third kappa shape index (κ3) is 7.01. The number of hydrogen-bond acceptors (Lipinski definition) is 1. The molecule has 2 nitrogen and oxygen atoms in total. The number of likely N-dealkylation sites (tertiary alicyclic amines) is 2. The topological polar surface area (TPSA) is 3.24 Å². The van der Waals surface area contributed by atoms with Gasteiger partial charge in [-0.05, 0) is 31.4 Å². The molecule has 2 aromatic rings. The summed E-state index contributed by atoms with van der Waals surface area (Å²) in [6.07, 6.45) is 14.1. The quantitative estimate of drug-likeness (QED) is 0.190. The van der Waals surface area contributed by atoms with Gasteiger partial charge >= 0.3 is 0 Å². The normalized spacial score (nSPS) is 28.3. The molecule has 0 spiro atoms. The number of piperidine rings is 1. The molecule has 36 heavy (non-hydrogen) atoms. The fourth-order valence-corrected chi connectivity index (χ4v) is 7.57. The minimum absolute atomic E-state index is 0.383. The van der Waals surface area contributed by atoms with E-state index >= 15 is 0 Å². The summed E-state index contributed by atoms with van der Waals surface area (Å²) < 4.78 is 1.30. The highest BCUT2D eigenvalue weighted by Crippen LogP contribution is 2.55. The van der Waals surface area contributed by atoms with Crippen LogP contribution in [0.5, 0.6) is 0 Å². The van der Waals surface area contributed by atoms with Gasteiger partial charge in [-0.3, -0.25) is 4.90 Å². The highest BCUT2D eigenvalue weighted by Gasteiger charge is 2.61. The average molecular weight is 490 g/mol. The maximum absolute atomic E-state index is 2.75. The van der Waals surface area contributed by atoms with E-state index in [0.29, 0.717) is 10.8 Å². The van der Waals surface area contributed by atoms with Crippen LogP contribution in [0.4, 0.5) is 0 Å². The van der Waals surface area contributed by atoms with Gasteiger partial charge in [-0.25, -0.2) is 0 Å². The van der Waals surface area contributed by atoms with E-state index in [2.05, 4.69) is 86.3 Å². The van der Waals surface area contributed by atoms with Crippen molar-refractivity contribution in [1.82, 2.24) is 4.90 Å². The summed E-state index contributed by atoms with van der Waals surface area (Å²) >= 11 is 0. The third-order valence-electron chi connectivity index (χ3n) is 9.72. The Bertz CT molecular complexity index is 896. The molecule has 2 fully saturated rings. The molecule has 2 aromatic carbocycles. The SMILES string of the molecule is CCCCCCCCCCC[N+]1(Cc2ccccc2)C[C@]2(C)CN(Cc3ccccc3)CC[C@]2(C)C1. The molecule has 1 unspecified atom stereocenters. The Hall–Kier alpha value is -1.64. The lowest BCUT2D eigenvalue weighted by atomic mass is 9.64. The van der Waals surface area contributed by atoms with Crippen molar-refractivity contribution in [2.45, 2.75) is 98.1 Å². The number of rotatable bonds is 14. The molecular formula is C34H53N2+. The van der Waals surface area contributed by atoms with Crippen molar-refractivity contribution >= 4 is 0 Å². The molecule has 2 aliphatic heterocycles. The van der Waals surface area contributed by atoms with Crippen molar-refractivity contribution in [3.8, 4) is 0 Å². The second kappa shape index (κ2) is 12.7. The molecule has 0 aliphatic carbocycles. The maximum Gasteiger partial charge on any atom is 0.104 e. The first kappa shape index (κ1) is 27.4. The van der Waals surface area contributed by atoms with E-state index < -0.39 is 0 Å². The highest BCUT2D eigenvalue weighted by molar-refractivity contribution is 5.16. The molecule has 2 heteroatoms. The van der Waals surface area contributed by atoms with Crippen molar-refractivity contribution in [2.24, 2.45) is 10.8 Å². The fourth-order valence-electron chi connectivity index (χ4n) is 7.57. The minimum atomic E-state index is 0.383. The van der Waals surface area contributed by atoms with Gasteiger partial charge in [0.25, 0.3) is 0 Å². The van der Waals surface area contributed by atoms with Gasteiger partial charge in [0, 0.05) is 29.5 Å². The van der Waals surface area contributed by atoms with E-state index in [-0.39, 0.29) is 0 Å². The molecule has 0 N–H and O–H groups in total.